The summed E-state index contributed by atoms with van der Waals surface area (Å²) >= 11 is 6.01. The molecule has 0 fully saturated rings. The molecule has 1 atom stereocenters. The van der Waals surface area contributed by atoms with E-state index >= 15 is 0 Å². The smallest absolute Gasteiger partial charge is 0.183 e. The van der Waals surface area contributed by atoms with Crippen LogP contribution in [0.4, 0.5) is 0 Å². The second-order valence-electron chi connectivity index (χ2n) is 0.226. The van der Waals surface area contributed by atoms with Gasteiger partial charge in [0, 0.05) is 0 Å². The fraction of sp³-hybridized carbons (Fsp3) is 0. The molecule has 0 aliphatic heterocycles. The van der Waals surface area contributed by atoms with Crippen LogP contribution in [0, 0.1) is 0 Å². The van der Waals surface area contributed by atoms with Crippen LogP contribution in [-0.4, -0.2) is 0 Å². The quantitative estimate of drug-likeness (QED) is 0.336. The Morgan fingerprint density at radius 2 is 2.00 bits per heavy atom. The van der Waals surface area contributed by atoms with E-state index in [9.17, 15) is 0 Å². The molecule has 0 aromatic carbocycles. The van der Waals surface area contributed by atoms with Crippen molar-refractivity contribution in [3.05, 3.63) is 5.16 Å². The zero-order valence-corrected chi connectivity index (χ0v) is 5.55. The van der Waals surface area contributed by atoms with E-state index in [1.165, 1.54) is 0 Å². The van der Waals surface area contributed by atoms with Gasteiger partial charge in [0.25, 0.3) is 0 Å². The molecule has 24 valence electrons. The molecular weight excluding hydrogens is 204 g/mol. The van der Waals surface area contributed by atoms with Crippen LogP contribution in [-0.2, 0) is 12.2 Å². The van der Waals surface area contributed by atoms with Crippen molar-refractivity contribution < 1.29 is 0 Å². The predicted octanol–water partition coefficient (Wildman–Crippen LogP) is 2.03. The Hall–Kier alpha value is 1.18. The molecule has 0 saturated heterocycles. The number of hydrogen-bond acceptors (Lipinski definition) is 1. The summed E-state index contributed by atoms with van der Waals surface area (Å²) in [6.07, 6.45) is 0. The molecule has 1 unspecified atom stereocenters. The van der Waals surface area contributed by atoms with Crippen LogP contribution < -0.4 is 0 Å². The van der Waals surface area contributed by atoms with Gasteiger partial charge in [0.1, 0.15) is 0 Å². The minimum atomic E-state index is -1.07. The molecule has 0 rings (SSSR count). The first kappa shape index (κ1) is 5.18. The molecule has 4 heavy (non-hydrogen) atoms. The molecule has 0 heterocycles. The van der Waals surface area contributed by atoms with E-state index < -0.39 is 4.56 Å². The molecule has 0 bridgehead atoms. The van der Waals surface area contributed by atoms with Gasteiger partial charge in [-0.05, 0) is 0 Å². The average Bonchev–Trinajstić information content (AvgIpc) is 0.811. The SMILES string of the molecule is [N-]=[P+]([S-])I. The minimum absolute atomic E-state index is 1.07. The third-order valence-corrected chi connectivity index (χ3v) is 0. The summed E-state index contributed by atoms with van der Waals surface area (Å²) in [5, 5.41) is 7.92. The zero-order valence-electron chi connectivity index (χ0n) is 1.68. The van der Waals surface area contributed by atoms with Crippen molar-refractivity contribution in [2.75, 3.05) is 0 Å². The summed E-state index contributed by atoms with van der Waals surface area (Å²) in [6.45, 7) is 0. The van der Waals surface area contributed by atoms with Crippen LogP contribution in [0.1, 0.15) is 0 Å². The molecule has 0 aromatic rings. The van der Waals surface area contributed by atoms with E-state index in [4.69, 9.17) is 5.16 Å². The van der Waals surface area contributed by atoms with E-state index in [2.05, 4.69) is 12.2 Å². The normalized spacial score (nSPS) is 11.0. The van der Waals surface area contributed by atoms with Crippen molar-refractivity contribution >= 4 is 38.8 Å². The minimum Gasteiger partial charge on any atom is -0.600 e. The van der Waals surface area contributed by atoms with Crippen LogP contribution in [0.25, 0.3) is 5.16 Å². The molecule has 0 aliphatic rings. The predicted molar refractivity (Wildman–Crippen MR) is 31.7 cm³/mol. The van der Waals surface area contributed by atoms with Gasteiger partial charge in [-0.25, -0.2) is 0 Å². The molecule has 0 N–H and O–H groups in total. The Labute approximate surface area is 44.1 Å². The third-order valence-electron chi connectivity index (χ3n) is 0. The molecule has 1 nitrogen and oxygen atoms in total. The fourth-order valence-corrected chi connectivity index (χ4v) is 0. The Morgan fingerprint density at radius 3 is 2.00 bits per heavy atom. The first-order valence-corrected chi connectivity index (χ1v) is 5.64. The molecule has 0 spiro atoms. The number of hydrogen-bond donors (Lipinski definition) is 0. The second kappa shape index (κ2) is 2.42. The molecule has 0 amide bonds. The first-order chi connectivity index (χ1) is 1.73. The van der Waals surface area contributed by atoms with Crippen LogP contribution in [0.5, 0.6) is 0 Å². The van der Waals surface area contributed by atoms with Crippen LogP contribution in [0.2, 0.25) is 0 Å². The van der Waals surface area contributed by atoms with E-state index in [0.29, 0.717) is 0 Å². The lowest BCUT2D eigenvalue weighted by molar-refractivity contribution is 3.21. The standard InChI is InChI=1S/INPS/c1-3(2)4/q-1. The third kappa shape index (κ3) is 10.9. The van der Waals surface area contributed by atoms with Crippen molar-refractivity contribution in [1.29, 1.82) is 0 Å². The highest BCUT2D eigenvalue weighted by atomic mass is 127. The lowest BCUT2D eigenvalue weighted by atomic mass is 14.0. The van der Waals surface area contributed by atoms with Gasteiger partial charge >= 0.3 is 0 Å². The van der Waals surface area contributed by atoms with Gasteiger partial charge in [-0.3, -0.25) is 0 Å². The fourth-order valence-electron chi connectivity index (χ4n) is 0. The van der Waals surface area contributed by atoms with Gasteiger partial charge in [-0.1, -0.05) is 4.56 Å². The van der Waals surface area contributed by atoms with Gasteiger partial charge in [0.05, 0.1) is 0 Å². The van der Waals surface area contributed by atoms with Crippen LogP contribution in [0.3, 0.4) is 0 Å². The Kier molecular flexibility index (Phi) is 3.13. The van der Waals surface area contributed by atoms with Crippen molar-refractivity contribution in [3.8, 4) is 0 Å². The maximum atomic E-state index is 7.92. The maximum Gasteiger partial charge on any atom is 0.183 e. The second-order valence-corrected chi connectivity index (χ2v) is 6.42. The summed E-state index contributed by atoms with van der Waals surface area (Å²) in [5.74, 6) is 0. The summed E-state index contributed by atoms with van der Waals surface area (Å²) in [7, 11) is 0. The van der Waals surface area contributed by atoms with Crippen molar-refractivity contribution in [1.82, 2.24) is 0 Å². The molecule has 4 heteroatoms. The van der Waals surface area contributed by atoms with Gasteiger partial charge < -0.3 is 17.4 Å². The van der Waals surface area contributed by atoms with E-state index in [0.717, 1.165) is 0 Å². The summed E-state index contributed by atoms with van der Waals surface area (Å²) in [4.78, 5) is 0. The van der Waals surface area contributed by atoms with Crippen LogP contribution >= 0.6 is 26.6 Å². The Morgan fingerprint density at radius 1 is 2.00 bits per heavy atom. The molecule has 0 radical (unpaired) electrons. The molecule has 0 aliphatic carbocycles. The van der Waals surface area contributed by atoms with Crippen molar-refractivity contribution in [2.45, 2.75) is 0 Å². The zero-order chi connectivity index (χ0) is 3.58. The van der Waals surface area contributed by atoms with Gasteiger partial charge in [0.2, 0.25) is 0 Å². The lowest BCUT2D eigenvalue weighted by Crippen LogP contribution is -1.02. The van der Waals surface area contributed by atoms with E-state index in [1.54, 1.807) is 22.0 Å². The topological polar surface area (TPSA) is 22.3 Å². The monoisotopic (exact) mass is 204 g/mol. The highest BCUT2D eigenvalue weighted by Gasteiger charge is 1.46. The number of nitrogens with zero attached hydrogens (tertiary/aromatic N) is 1. The molecule has 0 saturated carbocycles. The van der Waals surface area contributed by atoms with Gasteiger partial charge in [-0.2, -0.15) is 0 Å². The highest BCUT2D eigenvalue weighted by Crippen LogP contribution is 2.27. The van der Waals surface area contributed by atoms with E-state index in [-0.39, 0.29) is 0 Å². The summed E-state index contributed by atoms with van der Waals surface area (Å²) in [6, 6.07) is 0. The highest BCUT2D eigenvalue weighted by molar-refractivity contribution is 14.2. The van der Waals surface area contributed by atoms with Crippen molar-refractivity contribution in [3.63, 3.8) is 0 Å². The van der Waals surface area contributed by atoms with E-state index in [1.807, 2.05) is 0 Å². The van der Waals surface area contributed by atoms with Crippen molar-refractivity contribution in [2.24, 2.45) is 0 Å². The molecule has 0 aromatic heterocycles. The van der Waals surface area contributed by atoms with Gasteiger partial charge in [0.15, 0.2) is 22.0 Å². The Balaban J connectivity index is 2.80. The average molecular weight is 204 g/mol. The Bertz CT molecular complexity index is 31.0. The largest absolute Gasteiger partial charge is 0.600 e. The lowest BCUT2D eigenvalue weighted by Gasteiger charge is -1.79. The maximum absolute atomic E-state index is 7.92. The molecular formula is INPS-. The summed E-state index contributed by atoms with van der Waals surface area (Å²) in [5.41, 5.74) is 0. The summed E-state index contributed by atoms with van der Waals surface area (Å²) < 4.78 is -1.07. The first-order valence-electron chi connectivity index (χ1n) is 0.552. The van der Waals surface area contributed by atoms with Crippen LogP contribution in [0.15, 0.2) is 0 Å². The number of rotatable bonds is 0. The van der Waals surface area contributed by atoms with Gasteiger partial charge in [-0.15, -0.1) is 0 Å². The number of halogens is 1.